The van der Waals surface area contributed by atoms with Crippen LogP contribution in [0.1, 0.15) is 47.4 Å². The Hall–Kier alpha value is -2.87. The number of benzene rings is 3. The van der Waals surface area contributed by atoms with Crippen molar-refractivity contribution in [3.05, 3.63) is 101 Å². The Morgan fingerprint density at radius 1 is 0.833 bits per heavy atom. The van der Waals surface area contributed by atoms with Crippen LogP contribution in [-0.4, -0.2) is 6.54 Å². The molecule has 0 amide bonds. The number of rotatable bonds is 1. The topological polar surface area (TPSA) is 3.24 Å². The first-order chi connectivity index (χ1) is 14.8. The van der Waals surface area contributed by atoms with E-state index in [1.807, 2.05) is 18.2 Å². The molecule has 2 aliphatic carbocycles. The van der Waals surface area contributed by atoms with Crippen molar-refractivity contribution in [3.8, 4) is 0 Å². The van der Waals surface area contributed by atoms with E-state index >= 15 is 4.39 Å². The Morgan fingerprint density at radius 3 is 2.57 bits per heavy atom. The van der Waals surface area contributed by atoms with E-state index in [2.05, 4.69) is 59.5 Å². The maximum Gasteiger partial charge on any atom is 0.128 e. The van der Waals surface area contributed by atoms with Gasteiger partial charge in [-0.1, -0.05) is 66.8 Å². The molecule has 3 aromatic rings. The van der Waals surface area contributed by atoms with Gasteiger partial charge in [0.2, 0.25) is 0 Å². The summed E-state index contributed by atoms with van der Waals surface area (Å²) in [6.45, 7) is 1.01. The fourth-order valence-electron chi connectivity index (χ4n) is 6.80. The summed E-state index contributed by atoms with van der Waals surface area (Å²) in [6.07, 6.45) is 11.6. The highest BCUT2D eigenvalue weighted by molar-refractivity contribution is 5.94. The Labute approximate surface area is 176 Å². The van der Waals surface area contributed by atoms with E-state index in [0.717, 1.165) is 24.9 Å². The second-order valence-corrected chi connectivity index (χ2v) is 9.37. The molecular formula is C28H24FN. The van der Waals surface area contributed by atoms with Crippen molar-refractivity contribution in [2.24, 2.45) is 11.8 Å². The van der Waals surface area contributed by atoms with Crippen LogP contribution in [-0.2, 0) is 0 Å². The molecule has 1 nitrogen and oxygen atoms in total. The van der Waals surface area contributed by atoms with Gasteiger partial charge in [-0.3, -0.25) is 0 Å². The van der Waals surface area contributed by atoms with E-state index in [9.17, 15) is 0 Å². The summed E-state index contributed by atoms with van der Waals surface area (Å²) in [5, 5.41) is 2.71. The Morgan fingerprint density at radius 2 is 1.63 bits per heavy atom. The molecule has 0 aromatic heterocycles. The second-order valence-electron chi connectivity index (χ2n) is 9.37. The lowest BCUT2D eigenvalue weighted by Crippen LogP contribution is -2.46. The molecule has 0 saturated carbocycles. The lowest BCUT2D eigenvalue weighted by Gasteiger charge is -2.51. The molecule has 2 heteroatoms. The number of hydrogen-bond donors (Lipinski definition) is 0. The van der Waals surface area contributed by atoms with Crippen LogP contribution >= 0.6 is 0 Å². The molecular weight excluding hydrogens is 369 g/mol. The average molecular weight is 394 g/mol. The molecule has 2 heterocycles. The maximum absolute atomic E-state index is 15.1. The normalized spacial score (nSPS) is 30.4. The van der Waals surface area contributed by atoms with Gasteiger partial charge in [0.15, 0.2) is 0 Å². The smallest absolute Gasteiger partial charge is 0.128 e. The van der Waals surface area contributed by atoms with Crippen molar-refractivity contribution in [1.29, 1.82) is 0 Å². The summed E-state index contributed by atoms with van der Waals surface area (Å²) in [5.74, 6) is 1.76. The number of hydrogen-bond acceptors (Lipinski definition) is 1. The molecule has 0 N–H and O–H groups in total. The lowest BCUT2D eigenvalue weighted by molar-refractivity contribution is 0.329. The first kappa shape index (κ1) is 16.9. The van der Waals surface area contributed by atoms with Crippen LogP contribution in [0.4, 0.5) is 10.1 Å². The van der Waals surface area contributed by atoms with Gasteiger partial charge in [-0.05, 0) is 58.7 Å². The van der Waals surface area contributed by atoms with E-state index < -0.39 is 0 Å². The SMILES string of the molecule is Fc1ccccc1[C@H]1[C@@H]2CC=C[C@@H]2c2c3c(cc4ccccc24)[C@H]2C=CC[C@@H]2CN31. The van der Waals surface area contributed by atoms with Crippen LogP contribution in [0.5, 0.6) is 0 Å². The summed E-state index contributed by atoms with van der Waals surface area (Å²) in [6, 6.07) is 18.8. The highest BCUT2D eigenvalue weighted by atomic mass is 19.1. The second kappa shape index (κ2) is 6.07. The summed E-state index contributed by atoms with van der Waals surface area (Å²) in [5.41, 5.74) is 5.19. The summed E-state index contributed by atoms with van der Waals surface area (Å²) in [7, 11) is 0. The zero-order valence-electron chi connectivity index (χ0n) is 16.8. The van der Waals surface area contributed by atoms with Crippen molar-refractivity contribution in [1.82, 2.24) is 0 Å². The van der Waals surface area contributed by atoms with Gasteiger partial charge in [0.1, 0.15) is 5.82 Å². The van der Waals surface area contributed by atoms with Crippen molar-refractivity contribution in [2.75, 3.05) is 11.4 Å². The van der Waals surface area contributed by atoms with Crippen molar-refractivity contribution in [3.63, 3.8) is 0 Å². The molecule has 0 saturated heterocycles. The van der Waals surface area contributed by atoms with E-state index in [1.54, 1.807) is 6.07 Å². The summed E-state index contributed by atoms with van der Waals surface area (Å²) in [4.78, 5) is 2.60. The van der Waals surface area contributed by atoms with Gasteiger partial charge in [-0.15, -0.1) is 0 Å². The molecule has 0 spiro atoms. The first-order valence-corrected chi connectivity index (χ1v) is 11.2. The summed E-state index contributed by atoms with van der Waals surface area (Å²) < 4.78 is 15.1. The number of nitrogens with zero attached hydrogens (tertiary/aromatic N) is 1. The number of allylic oxidation sites excluding steroid dienone is 4. The monoisotopic (exact) mass is 393 g/mol. The van der Waals surface area contributed by atoms with E-state index in [0.29, 0.717) is 23.7 Å². The summed E-state index contributed by atoms with van der Waals surface area (Å²) >= 11 is 0. The molecule has 148 valence electrons. The van der Waals surface area contributed by atoms with Crippen LogP contribution in [0, 0.1) is 17.7 Å². The van der Waals surface area contributed by atoms with Crippen molar-refractivity contribution in [2.45, 2.75) is 30.7 Å². The quantitative estimate of drug-likeness (QED) is 0.408. The standard InChI is InChI=1S/C28H24FN/c29-25-14-4-3-10-23(25)27-22-13-6-12-21(22)26-20-9-2-1-7-17(20)15-24-19-11-5-8-18(19)16-30(27)28(24)26/h1-7,9-12,14-15,18-19,21-22,27H,8,13,16H2/t18-,19+,21+,22-,27-/m1/s1. The zero-order valence-corrected chi connectivity index (χ0v) is 16.8. The van der Waals surface area contributed by atoms with Gasteiger partial charge in [0.25, 0.3) is 0 Å². The third kappa shape index (κ3) is 2.12. The van der Waals surface area contributed by atoms with E-state index in [1.165, 1.54) is 27.6 Å². The van der Waals surface area contributed by atoms with Crippen molar-refractivity contribution < 1.29 is 4.39 Å². The van der Waals surface area contributed by atoms with Crippen LogP contribution in [0.3, 0.4) is 0 Å². The minimum atomic E-state index is -0.0643. The number of halogens is 1. The third-order valence-electron chi connectivity index (χ3n) is 7.97. The van der Waals surface area contributed by atoms with Gasteiger partial charge in [0.05, 0.1) is 6.04 Å². The van der Waals surface area contributed by atoms with Crippen LogP contribution in [0.15, 0.2) is 78.9 Å². The minimum Gasteiger partial charge on any atom is -0.363 e. The van der Waals surface area contributed by atoms with Gasteiger partial charge in [-0.25, -0.2) is 4.39 Å². The Kier molecular flexibility index (Phi) is 3.42. The van der Waals surface area contributed by atoms with E-state index in [-0.39, 0.29) is 11.9 Å². The fraction of sp³-hybridized carbons (Fsp3) is 0.286. The molecule has 0 unspecified atom stereocenters. The average Bonchev–Trinajstić information content (AvgIpc) is 3.44. The molecule has 4 aliphatic rings. The minimum absolute atomic E-state index is 0.0643. The highest BCUT2D eigenvalue weighted by Gasteiger charge is 2.48. The molecule has 0 fully saturated rings. The van der Waals surface area contributed by atoms with Gasteiger partial charge < -0.3 is 4.90 Å². The van der Waals surface area contributed by atoms with Crippen LogP contribution in [0.2, 0.25) is 0 Å². The van der Waals surface area contributed by atoms with Crippen LogP contribution in [0.25, 0.3) is 10.8 Å². The van der Waals surface area contributed by atoms with Gasteiger partial charge in [0, 0.05) is 29.6 Å². The zero-order chi connectivity index (χ0) is 19.8. The van der Waals surface area contributed by atoms with Gasteiger partial charge in [-0.2, -0.15) is 0 Å². The largest absolute Gasteiger partial charge is 0.363 e. The number of fused-ring (bicyclic) bond motifs is 6. The molecule has 5 atom stereocenters. The maximum atomic E-state index is 15.1. The lowest BCUT2D eigenvalue weighted by atomic mass is 9.69. The predicted molar refractivity (Wildman–Crippen MR) is 120 cm³/mol. The Bertz CT molecular complexity index is 1240. The van der Waals surface area contributed by atoms with Crippen molar-refractivity contribution >= 4 is 16.5 Å². The molecule has 0 radical (unpaired) electrons. The molecule has 7 rings (SSSR count). The fourth-order valence-corrected chi connectivity index (χ4v) is 6.80. The Balaban J connectivity index is 1.56. The highest BCUT2D eigenvalue weighted by Crippen LogP contribution is 2.60. The third-order valence-corrected chi connectivity index (χ3v) is 7.97. The molecule has 2 aliphatic heterocycles. The predicted octanol–water partition coefficient (Wildman–Crippen LogP) is 6.87. The van der Waals surface area contributed by atoms with E-state index in [4.69, 9.17) is 0 Å². The van der Waals surface area contributed by atoms with Gasteiger partial charge >= 0.3 is 0 Å². The van der Waals surface area contributed by atoms with Crippen LogP contribution < -0.4 is 4.90 Å². The first-order valence-electron chi connectivity index (χ1n) is 11.2. The molecule has 0 bridgehead atoms. The molecule has 3 aromatic carbocycles. The number of anilines is 1. The molecule has 30 heavy (non-hydrogen) atoms.